The van der Waals surface area contributed by atoms with Crippen molar-refractivity contribution < 1.29 is 8.42 Å². The third-order valence-electron chi connectivity index (χ3n) is 2.20. The Labute approximate surface area is 76.5 Å². The van der Waals surface area contributed by atoms with Crippen molar-refractivity contribution in [2.24, 2.45) is 0 Å². The largest absolute Gasteiger partial charge is 0.396 e. The second kappa shape index (κ2) is 2.73. The summed E-state index contributed by atoms with van der Waals surface area (Å²) < 4.78 is 23.9. The summed E-state index contributed by atoms with van der Waals surface area (Å²) in [6.07, 6.45) is 3.85. The molecule has 0 spiro atoms. The molecule has 0 aliphatic carbocycles. The Morgan fingerprint density at radius 3 is 2.85 bits per heavy atom. The summed E-state index contributed by atoms with van der Waals surface area (Å²) in [7, 11) is -2.84. The smallest absolute Gasteiger partial charge is 0.152 e. The fraction of sp³-hybridized carbons (Fsp3) is 0.571. The molecule has 0 aromatic carbocycles. The SMILES string of the molecule is Nc1cnn([C@H]2CCS(=O)(=O)C2)c1. The first-order chi connectivity index (χ1) is 6.07. The van der Waals surface area contributed by atoms with Gasteiger partial charge in [0.1, 0.15) is 0 Å². The van der Waals surface area contributed by atoms with Crippen molar-refractivity contribution >= 4 is 15.5 Å². The van der Waals surface area contributed by atoms with E-state index in [1.54, 1.807) is 10.9 Å². The van der Waals surface area contributed by atoms with E-state index in [1.807, 2.05) is 0 Å². The summed E-state index contributed by atoms with van der Waals surface area (Å²) in [6.45, 7) is 0. The van der Waals surface area contributed by atoms with Crippen molar-refractivity contribution in [3.05, 3.63) is 12.4 Å². The highest BCUT2D eigenvalue weighted by molar-refractivity contribution is 7.91. The minimum atomic E-state index is -2.84. The first-order valence-corrected chi connectivity index (χ1v) is 5.89. The number of sulfone groups is 1. The van der Waals surface area contributed by atoms with Gasteiger partial charge in [0.15, 0.2) is 9.84 Å². The summed E-state index contributed by atoms with van der Waals surface area (Å²) >= 11 is 0. The van der Waals surface area contributed by atoms with Crippen molar-refractivity contribution in [1.82, 2.24) is 9.78 Å². The lowest BCUT2D eigenvalue weighted by atomic mass is 10.3. The van der Waals surface area contributed by atoms with Crippen LogP contribution in [0.15, 0.2) is 12.4 Å². The zero-order valence-electron chi connectivity index (χ0n) is 7.05. The van der Waals surface area contributed by atoms with Gasteiger partial charge in [-0.3, -0.25) is 4.68 Å². The van der Waals surface area contributed by atoms with Gasteiger partial charge in [0, 0.05) is 6.20 Å². The third-order valence-corrected chi connectivity index (χ3v) is 3.95. The van der Waals surface area contributed by atoms with Crippen LogP contribution in [0, 0.1) is 0 Å². The van der Waals surface area contributed by atoms with Crippen LogP contribution in [0.4, 0.5) is 5.69 Å². The number of hydrogen-bond acceptors (Lipinski definition) is 4. The van der Waals surface area contributed by atoms with Crippen molar-refractivity contribution in [3.63, 3.8) is 0 Å². The lowest BCUT2D eigenvalue weighted by molar-refractivity contribution is 0.500. The van der Waals surface area contributed by atoms with E-state index in [1.165, 1.54) is 6.20 Å². The summed E-state index contributed by atoms with van der Waals surface area (Å²) in [5.74, 6) is 0.450. The number of hydrogen-bond donors (Lipinski definition) is 1. The molecule has 1 saturated heterocycles. The molecule has 1 aliphatic heterocycles. The van der Waals surface area contributed by atoms with Crippen LogP contribution in [0.5, 0.6) is 0 Å². The molecule has 1 atom stereocenters. The number of nitrogens with two attached hydrogens (primary N) is 1. The van der Waals surface area contributed by atoms with E-state index in [2.05, 4.69) is 5.10 Å². The van der Waals surface area contributed by atoms with Gasteiger partial charge < -0.3 is 5.73 Å². The van der Waals surface area contributed by atoms with Gasteiger partial charge in [0.25, 0.3) is 0 Å². The van der Waals surface area contributed by atoms with Crippen molar-refractivity contribution in [3.8, 4) is 0 Å². The van der Waals surface area contributed by atoms with Gasteiger partial charge in [-0.25, -0.2) is 8.42 Å². The topological polar surface area (TPSA) is 78.0 Å². The number of nitrogens with zero attached hydrogens (tertiary/aromatic N) is 2. The Morgan fingerprint density at radius 2 is 2.38 bits per heavy atom. The van der Waals surface area contributed by atoms with E-state index in [-0.39, 0.29) is 17.5 Å². The molecule has 5 nitrogen and oxygen atoms in total. The number of rotatable bonds is 1. The predicted octanol–water partition coefficient (Wildman–Crippen LogP) is -0.175. The summed E-state index contributed by atoms with van der Waals surface area (Å²) in [6, 6.07) is -0.0256. The third kappa shape index (κ3) is 1.67. The minimum absolute atomic E-state index is 0.0256. The zero-order chi connectivity index (χ0) is 9.47. The summed E-state index contributed by atoms with van der Waals surface area (Å²) in [5, 5.41) is 3.99. The Morgan fingerprint density at radius 1 is 1.62 bits per heavy atom. The van der Waals surface area contributed by atoms with E-state index in [0.29, 0.717) is 12.1 Å². The summed E-state index contributed by atoms with van der Waals surface area (Å²) in [4.78, 5) is 0. The zero-order valence-corrected chi connectivity index (χ0v) is 7.87. The van der Waals surface area contributed by atoms with Gasteiger partial charge in [0.2, 0.25) is 0 Å². The van der Waals surface area contributed by atoms with Crippen LogP contribution >= 0.6 is 0 Å². The Balaban J connectivity index is 2.21. The lowest BCUT2D eigenvalue weighted by Crippen LogP contribution is -2.11. The first-order valence-electron chi connectivity index (χ1n) is 4.07. The normalized spacial score (nSPS) is 26.3. The van der Waals surface area contributed by atoms with Crippen LogP contribution in [0.1, 0.15) is 12.5 Å². The van der Waals surface area contributed by atoms with E-state index < -0.39 is 9.84 Å². The van der Waals surface area contributed by atoms with E-state index in [0.717, 1.165) is 0 Å². The van der Waals surface area contributed by atoms with Crippen LogP contribution in [-0.4, -0.2) is 29.7 Å². The molecular formula is C7H11N3O2S. The number of anilines is 1. The molecule has 72 valence electrons. The van der Waals surface area contributed by atoms with Crippen LogP contribution in [-0.2, 0) is 9.84 Å². The van der Waals surface area contributed by atoms with Gasteiger partial charge in [-0.15, -0.1) is 0 Å². The van der Waals surface area contributed by atoms with Crippen molar-refractivity contribution in [2.75, 3.05) is 17.2 Å². The summed E-state index contributed by atoms with van der Waals surface area (Å²) in [5.41, 5.74) is 6.05. The van der Waals surface area contributed by atoms with Gasteiger partial charge in [-0.1, -0.05) is 0 Å². The quantitative estimate of drug-likeness (QED) is 0.684. The molecule has 13 heavy (non-hydrogen) atoms. The van der Waals surface area contributed by atoms with Crippen LogP contribution in [0.25, 0.3) is 0 Å². The Bertz CT molecular complexity index is 409. The second-order valence-corrected chi connectivity index (χ2v) is 5.54. The van der Waals surface area contributed by atoms with E-state index in [9.17, 15) is 8.42 Å². The fourth-order valence-corrected chi connectivity index (χ4v) is 3.24. The molecule has 2 heterocycles. The van der Waals surface area contributed by atoms with Crippen LogP contribution in [0.2, 0.25) is 0 Å². The molecule has 6 heteroatoms. The first kappa shape index (κ1) is 8.55. The Kier molecular flexibility index (Phi) is 1.80. The molecule has 1 fully saturated rings. The maximum absolute atomic E-state index is 11.1. The minimum Gasteiger partial charge on any atom is -0.396 e. The van der Waals surface area contributed by atoms with Gasteiger partial charge in [0.05, 0.1) is 29.4 Å². The highest BCUT2D eigenvalue weighted by Crippen LogP contribution is 2.23. The molecule has 1 aromatic rings. The van der Waals surface area contributed by atoms with E-state index >= 15 is 0 Å². The maximum atomic E-state index is 11.1. The monoisotopic (exact) mass is 201 g/mol. The van der Waals surface area contributed by atoms with Crippen LogP contribution in [0.3, 0.4) is 0 Å². The highest BCUT2D eigenvalue weighted by atomic mass is 32.2. The number of nitrogen functional groups attached to an aromatic ring is 1. The van der Waals surface area contributed by atoms with Crippen molar-refractivity contribution in [2.45, 2.75) is 12.5 Å². The molecule has 2 N–H and O–H groups in total. The molecule has 0 unspecified atom stereocenters. The molecule has 2 rings (SSSR count). The maximum Gasteiger partial charge on any atom is 0.152 e. The average Bonchev–Trinajstić information content (AvgIpc) is 2.56. The molecule has 1 aliphatic rings. The number of aromatic nitrogens is 2. The predicted molar refractivity (Wildman–Crippen MR) is 48.9 cm³/mol. The molecule has 0 bridgehead atoms. The second-order valence-electron chi connectivity index (χ2n) is 3.31. The van der Waals surface area contributed by atoms with E-state index in [4.69, 9.17) is 5.73 Å². The molecule has 0 saturated carbocycles. The van der Waals surface area contributed by atoms with Crippen LogP contribution < -0.4 is 5.73 Å². The lowest BCUT2D eigenvalue weighted by Gasteiger charge is -2.06. The standard InChI is InChI=1S/C7H11N3O2S/c8-6-3-9-10(4-6)7-1-2-13(11,12)5-7/h3-4,7H,1-2,5,8H2/t7-/m0/s1. The van der Waals surface area contributed by atoms with Gasteiger partial charge >= 0.3 is 0 Å². The average molecular weight is 201 g/mol. The van der Waals surface area contributed by atoms with Gasteiger partial charge in [-0.2, -0.15) is 5.10 Å². The molecule has 1 aromatic heterocycles. The molecule has 0 radical (unpaired) electrons. The Hall–Kier alpha value is -1.04. The van der Waals surface area contributed by atoms with Gasteiger partial charge in [-0.05, 0) is 6.42 Å². The van der Waals surface area contributed by atoms with Crippen molar-refractivity contribution in [1.29, 1.82) is 0 Å². The molecule has 0 amide bonds. The highest BCUT2D eigenvalue weighted by Gasteiger charge is 2.29. The fourth-order valence-electron chi connectivity index (χ4n) is 1.54. The molecular weight excluding hydrogens is 190 g/mol.